The third kappa shape index (κ3) is 3.72. The van der Waals surface area contributed by atoms with Crippen LogP contribution >= 0.6 is 0 Å². The SMILES string of the molecule is O=C1C(=O)N(CCN2CCOCC2)[C@H](c2ccc3c(c2)OCO3)C1=C(O)c1ccccc1. The quantitative estimate of drug-likeness (QED) is 0.437. The number of hydrogen-bond donors (Lipinski definition) is 1. The number of ether oxygens (including phenoxy) is 3. The Morgan fingerprint density at radius 3 is 2.50 bits per heavy atom. The average Bonchev–Trinajstić information content (AvgIpc) is 3.40. The second-order valence-electron chi connectivity index (χ2n) is 7.93. The first-order chi connectivity index (χ1) is 15.6. The lowest BCUT2D eigenvalue weighted by Crippen LogP contribution is -2.42. The van der Waals surface area contributed by atoms with Crippen LogP contribution in [0.15, 0.2) is 54.1 Å². The monoisotopic (exact) mass is 436 g/mol. The summed E-state index contributed by atoms with van der Waals surface area (Å²) in [6, 6.07) is 13.4. The van der Waals surface area contributed by atoms with Crippen molar-refractivity contribution in [2.45, 2.75) is 6.04 Å². The predicted octanol–water partition coefficient (Wildman–Crippen LogP) is 2.17. The Morgan fingerprint density at radius 2 is 1.72 bits per heavy atom. The van der Waals surface area contributed by atoms with Gasteiger partial charge in [0.1, 0.15) is 5.76 Å². The first-order valence-electron chi connectivity index (χ1n) is 10.7. The van der Waals surface area contributed by atoms with Crippen LogP contribution in [-0.2, 0) is 14.3 Å². The second-order valence-corrected chi connectivity index (χ2v) is 7.93. The molecule has 0 radical (unpaired) electrons. The van der Waals surface area contributed by atoms with Crippen molar-refractivity contribution in [1.82, 2.24) is 9.80 Å². The summed E-state index contributed by atoms with van der Waals surface area (Å²) in [5.41, 5.74) is 1.26. The highest BCUT2D eigenvalue weighted by molar-refractivity contribution is 6.46. The molecule has 0 unspecified atom stereocenters. The molecule has 8 heteroatoms. The number of amides is 1. The third-order valence-corrected chi connectivity index (χ3v) is 6.06. The first-order valence-corrected chi connectivity index (χ1v) is 10.7. The fourth-order valence-electron chi connectivity index (χ4n) is 4.37. The highest BCUT2D eigenvalue weighted by Crippen LogP contribution is 2.42. The van der Waals surface area contributed by atoms with Gasteiger partial charge in [-0.3, -0.25) is 14.5 Å². The summed E-state index contributed by atoms with van der Waals surface area (Å²) in [5, 5.41) is 11.1. The van der Waals surface area contributed by atoms with Crippen LogP contribution in [0.25, 0.3) is 5.76 Å². The molecule has 0 aliphatic carbocycles. The van der Waals surface area contributed by atoms with E-state index in [2.05, 4.69) is 4.90 Å². The molecule has 0 aromatic heterocycles. The van der Waals surface area contributed by atoms with Gasteiger partial charge in [0, 0.05) is 31.7 Å². The molecule has 1 atom stereocenters. The summed E-state index contributed by atoms with van der Waals surface area (Å²) in [6.45, 7) is 3.96. The minimum absolute atomic E-state index is 0.0852. The number of hydrogen-bond acceptors (Lipinski definition) is 7. The Kier molecular flexibility index (Phi) is 5.55. The van der Waals surface area contributed by atoms with Gasteiger partial charge in [0.25, 0.3) is 11.7 Å². The van der Waals surface area contributed by atoms with Crippen LogP contribution in [0.4, 0.5) is 0 Å². The summed E-state index contributed by atoms with van der Waals surface area (Å²) in [7, 11) is 0. The van der Waals surface area contributed by atoms with Gasteiger partial charge >= 0.3 is 0 Å². The molecular weight excluding hydrogens is 412 g/mol. The van der Waals surface area contributed by atoms with Gasteiger partial charge in [-0.25, -0.2) is 0 Å². The number of nitrogens with zero attached hydrogens (tertiary/aromatic N) is 2. The number of aliphatic hydroxyl groups is 1. The maximum atomic E-state index is 13.1. The van der Waals surface area contributed by atoms with E-state index >= 15 is 0 Å². The minimum atomic E-state index is -0.717. The van der Waals surface area contributed by atoms with Gasteiger partial charge in [0.2, 0.25) is 6.79 Å². The van der Waals surface area contributed by atoms with Crippen LogP contribution in [0, 0.1) is 0 Å². The number of carbonyl (C=O) groups is 2. The van der Waals surface area contributed by atoms with Gasteiger partial charge in [-0.1, -0.05) is 36.4 Å². The molecule has 5 rings (SSSR count). The Hall–Kier alpha value is -3.36. The van der Waals surface area contributed by atoms with Crippen molar-refractivity contribution in [3.05, 3.63) is 65.2 Å². The number of fused-ring (bicyclic) bond motifs is 1. The number of ketones is 1. The third-order valence-electron chi connectivity index (χ3n) is 6.06. The molecule has 166 valence electrons. The fourth-order valence-corrected chi connectivity index (χ4v) is 4.37. The average molecular weight is 436 g/mol. The zero-order valence-electron chi connectivity index (χ0n) is 17.5. The van der Waals surface area contributed by atoms with Crippen LogP contribution in [0.1, 0.15) is 17.2 Å². The number of Topliss-reactive ketones (excluding diaryl/α,β-unsaturated/α-hetero) is 1. The maximum Gasteiger partial charge on any atom is 0.295 e. The number of rotatable bonds is 5. The highest BCUT2D eigenvalue weighted by Gasteiger charge is 2.46. The molecule has 2 aromatic rings. The van der Waals surface area contributed by atoms with E-state index in [1.807, 2.05) is 12.1 Å². The number of carbonyl (C=O) groups excluding carboxylic acids is 2. The van der Waals surface area contributed by atoms with Crippen molar-refractivity contribution in [3.8, 4) is 11.5 Å². The predicted molar refractivity (Wildman–Crippen MR) is 115 cm³/mol. The van der Waals surface area contributed by atoms with Gasteiger partial charge in [-0.05, 0) is 17.7 Å². The molecule has 0 spiro atoms. The minimum Gasteiger partial charge on any atom is -0.507 e. The van der Waals surface area contributed by atoms with E-state index in [0.29, 0.717) is 48.9 Å². The molecule has 0 bridgehead atoms. The lowest BCUT2D eigenvalue weighted by molar-refractivity contribution is -0.140. The molecular formula is C24H24N2O6. The standard InChI is InChI=1S/C24H24N2O6/c27-22(16-4-2-1-3-5-16)20-21(17-6-7-18-19(14-17)32-15-31-18)26(24(29)23(20)28)9-8-25-10-12-30-13-11-25/h1-7,14,21,27H,8-13,15H2/t21-/m1/s1. The van der Waals surface area contributed by atoms with Gasteiger partial charge in [0.05, 0.1) is 24.8 Å². The van der Waals surface area contributed by atoms with Crippen LogP contribution in [0.3, 0.4) is 0 Å². The van der Waals surface area contributed by atoms with Crippen molar-refractivity contribution >= 4 is 17.4 Å². The van der Waals surface area contributed by atoms with Crippen molar-refractivity contribution in [1.29, 1.82) is 0 Å². The first kappa shape index (κ1) is 20.5. The zero-order chi connectivity index (χ0) is 22.1. The maximum absolute atomic E-state index is 13.1. The molecule has 8 nitrogen and oxygen atoms in total. The van der Waals surface area contributed by atoms with E-state index in [4.69, 9.17) is 14.2 Å². The van der Waals surface area contributed by atoms with E-state index < -0.39 is 17.7 Å². The van der Waals surface area contributed by atoms with Crippen molar-refractivity contribution in [2.75, 3.05) is 46.2 Å². The van der Waals surface area contributed by atoms with Crippen LogP contribution in [-0.4, -0.2) is 72.8 Å². The number of benzene rings is 2. The Bertz CT molecular complexity index is 1060. The molecule has 1 amide bonds. The van der Waals surface area contributed by atoms with E-state index in [1.165, 1.54) is 0 Å². The molecule has 2 aromatic carbocycles. The van der Waals surface area contributed by atoms with Gasteiger partial charge in [-0.15, -0.1) is 0 Å². The number of morpholine rings is 1. The van der Waals surface area contributed by atoms with Crippen molar-refractivity contribution < 1.29 is 28.9 Å². The van der Waals surface area contributed by atoms with Crippen LogP contribution in [0.5, 0.6) is 11.5 Å². The molecule has 2 saturated heterocycles. The lowest BCUT2D eigenvalue weighted by atomic mass is 9.95. The summed E-state index contributed by atoms with van der Waals surface area (Å²) in [5.74, 6) is -0.307. The van der Waals surface area contributed by atoms with E-state index in [1.54, 1.807) is 41.3 Å². The summed E-state index contributed by atoms with van der Waals surface area (Å²) in [4.78, 5) is 29.9. The molecule has 3 aliphatic rings. The zero-order valence-corrected chi connectivity index (χ0v) is 17.5. The van der Waals surface area contributed by atoms with Gasteiger partial charge in [-0.2, -0.15) is 0 Å². The normalized spacial score (nSPS) is 22.5. The van der Waals surface area contributed by atoms with Gasteiger partial charge in [0.15, 0.2) is 11.5 Å². The Balaban J connectivity index is 1.54. The van der Waals surface area contributed by atoms with E-state index in [9.17, 15) is 14.7 Å². The smallest absolute Gasteiger partial charge is 0.295 e. The molecule has 2 fully saturated rings. The molecule has 0 saturated carbocycles. The fraction of sp³-hybridized carbons (Fsp3) is 0.333. The highest BCUT2D eigenvalue weighted by atomic mass is 16.7. The van der Waals surface area contributed by atoms with E-state index in [-0.39, 0.29) is 18.1 Å². The summed E-state index contributed by atoms with van der Waals surface area (Å²) < 4.78 is 16.3. The van der Waals surface area contributed by atoms with Crippen LogP contribution < -0.4 is 9.47 Å². The summed E-state index contributed by atoms with van der Waals surface area (Å²) >= 11 is 0. The second kappa shape index (κ2) is 8.64. The lowest BCUT2D eigenvalue weighted by Gasteiger charge is -2.31. The van der Waals surface area contributed by atoms with Crippen molar-refractivity contribution in [2.24, 2.45) is 0 Å². The van der Waals surface area contributed by atoms with E-state index in [0.717, 1.165) is 13.1 Å². The molecule has 32 heavy (non-hydrogen) atoms. The van der Waals surface area contributed by atoms with Crippen LogP contribution in [0.2, 0.25) is 0 Å². The largest absolute Gasteiger partial charge is 0.507 e. The Morgan fingerprint density at radius 1 is 0.969 bits per heavy atom. The van der Waals surface area contributed by atoms with Crippen molar-refractivity contribution in [3.63, 3.8) is 0 Å². The molecule has 3 heterocycles. The molecule has 1 N–H and O–H groups in total. The number of aliphatic hydroxyl groups excluding tert-OH is 1. The topological polar surface area (TPSA) is 88.5 Å². The summed E-state index contributed by atoms with van der Waals surface area (Å²) in [6.07, 6.45) is 0. The number of likely N-dealkylation sites (tertiary alicyclic amines) is 1. The molecule has 3 aliphatic heterocycles. The van der Waals surface area contributed by atoms with Gasteiger partial charge < -0.3 is 24.2 Å². The Labute approximate surface area is 185 Å².